The van der Waals surface area contributed by atoms with Gasteiger partial charge in [-0.1, -0.05) is 0 Å². The first-order valence-corrected chi connectivity index (χ1v) is 2.19. The molecule has 0 amide bonds. The summed E-state index contributed by atoms with van der Waals surface area (Å²) in [5.41, 5.74) is 0. The Kier molecular flexibility index (Phi) is 12.1. The van der Waals surface area contributed by atoms with Gasteiger partial charge in [-0.25, -0.2) is 0 Å². The number of hydrogen-bond acceptors (Lipinski definition) is 4. The maximum Gasteiger partial charge on any atom is 3.00 e. The average molecular weight is 252 g/mol. The zero-order chi connectivity index (χ0) is 4.50. The second kappa shape index (κ2) is 5.40. The van der Waals surface area contributed by atoms with Gasteiger partial charge in [0, 0.05) is 0 Å². The fourth-order valence-electron chi connectivity index (χ4n) is 0. The van der Waals surface area contributed by atoms with Crippen LogP contribution in [0.3, 0.4) is 0 Å². The van der Waals surface area contributed by atoms with E-state index >= 15 is 0 Å². The fraction of sp³-hybridized carbons (Fsp3) is 0. The van der Waals surface area contributed by atoms with E-state index in [1.165, 1.54) is 0 Å². The van der Waals surface area contributed by atoms with E-state index in [1.54, 1.807) is 0 Å². The minimum absolute atomic E-state index is 0. The maximum absolute atomic E-state index is 8.55. The third-order valence-electron chi connectivity index (χ3n) is 0. The van der Waals surface area contributed by atoms with Gasteiger partial charge in [-0.3, -0.25) is 0 Å². The molecule has 0 aromatic carbocycles. The number of hydrogen-bond donors (Lipinski definition) is 0. The van der Waals surface area contributed by atoms with Gasteiger partial charge in [0.1, 0.15) is 0 Å². The van der Waals surface area contributed by atoms with Gasteiger partial charge in [-0.15, -0.1) is 0 Å². The summed E-state index contributed by atoms with van der Waals surface area (Å²) in [5.74, 6) is 0. The average Bonchev–Trinajstić information content (AvgIpc) is 0.722. The SMILES string of the molecule is O.O=P([O-])([O-])[O-].[La+3]. The normalized spacial score (nSPS) is 8.43. The Labute approximate surface area is 67.9 Å². The molecule has 0 heterocycles. The van der Waals surface area contributed by atoms with E-state index in [0.717, 1.165) is 0 Å². The summed E-state index contributed by atoms with van der Waals surface area (Å²) >= 11 is 0. The smallest absolute Gasteiger partial charge is 0.822 e. The van der Waals surface area contributed by atoms with Gasteiger partial charge >= 0.3 is 35.6 Å². The number of phosphoric acid groups is 1. The predicted molar refractivity (Wildman–Crippen MR) is 11.2 cm³/mol. The summed E-state index contributed by atoms with van der Waals surface area (Å²) in [6, 6.07) is 0. The van der Waals surface area contributed by atoms with E-state index in [4.69, 9.17) is 19.2 Å². The molecule has 0 spiro atoms. The molecule has 0 rings (SSSR count). The predicted octanol–water partition coefficient (Wildman–Crippen LogP) is -3.65. The molecule has 0 aliphatic heterocycles. The van der Waals surface area contributed by atoms with Gasteiger partial charge in [0.15, 0.2) is 0 Å². The van der Waals surface area contributed by atoms with Crippen LogP contribution in [0.5, 0.6) is 0 Å². The van der Waals surface area contributed by atoms with Crippen molar-refractivity contribution in [3.05, 3.63) is 0 Å². The molecule has 0 bridgehead atoms. The Morgan fingerprint density at radius 1 is 1.14 bits per heavy atom. The second-order valence-electron chi connectivity index (χ2n) is 0.447. The monoisotopic (exact) mass is 252 g/mol. The van der Waals surface area contributed by atoms with Crippen LogP contribution in [0.1, 0.15) is 0 Å². The van der Waals surface area contributed by atoms with E-state index in [-0.39, 0.29) is 41.1 Å². The van der Waals surface area contributed by atoms with Gasteiger partial charge in [0.25, 0.3) is 0 Å². The molecule has 7 heavy (non-hydrogen) atoms. The van der Waals surface area contributed by atoms with E-state index in [0.29, 0.717) is 0 Å². The first-order chi connectivity index (χ1) is 2.00. The largest absolute Gasteiger partial charge is 3.00 e. The molecular formula is H2LaO5P. The van der Waals surface area contributed by atoms with Crippen LogP contribution in [-0.4, -0.2) is 5.48 Å². The maximum atomic E-state index is 8.55. The van der Waals surface area contributed by atoms with Crippen LogP contribution < -0.4 is 14.7 Å². The van der Waals surface area contributed by atoms with Crippen molar-refractivity contribution in [2.45, 2.75) is 0 Å². The molecule has 0 aromatic rings. The van der Waals surface area contributed by atoms with E-state index in [1.807, 2.05) is 0 Å². The summed E-state index contributed by atoms with van der Waals surface area (Å²) < 4.78 is 8.55. The second-order valence-corrected chi connectivity index (χ2v) is 1.34. The molecule has 0 radical (unpaired) electrons. The molecule has 0 atom stereocenters. The third kappa shape index (κ3) is 126. The Morgan fingerprint density at radius 2 is 1.14 bits per heavy atom. The minimum atomic E-state index is -5.39. The quantitative estimate of drug-likeness (QED) is 0.413. The van der Waals surface area contributed by atoms with Crippen LogP contribution in [-0.2, 0) is 4.57 Å². The standard InChI is InChI=1S/La.H3O4P.H2O/c;1-5(2,3)4;/h;(H3,1,2,3,4);1H2/q+3;;/p-3. The molecule has 0 saturated carbocycles. The van der Waals surface area contributed by atoms with Crippen molar-refractivity contribution < 1.29 is 60.3 Å². The zero-order valence-corrected chi connectivity index (χ0v) is 7.68. The van der Waals surface area contributed by atoms with Gasteiger partial charge in [-0.2, -0.15) is 7.82 Å². The zero-order valence-electron chi connectivity index (χ0n) is 3.16. The van der Waals surface area contributed by atoms with Gasteiger partial charge in [0.2, 0.25) is 0 Å². The van der Waals surface area contributed by atoms with Crippen LogP contribution in [0.25, 0.3) is 0 Å². The topological polar surface area (TPSA) is 118 Å². The van der Waals surface area contributed by atoms with E-state index in [2.05, 4.69) is 0 Å². The van der Waals surface area contributed by atoms with Gasteiger partial charge in [-0.05, 0) is 0 Å². The van der Waals surface area contributed by atoms with Crippen molar-refractivity contribution in [2.75, 3.05) is 0 Å². The fourth-order valence-corrected chi connectivity index (χ4v) is 0. The van der Waals surface area contributed by atoms with E-state index < -0.39 is 7.82 Å². The van der Waals surface area contributed by atoms with Crippen LogP contribution >= 0.6 is 7.82 Å². The molecule has 0 saturated heterocycles. The number of rotatable bonds is 0. The first-order valence-electron chi connectivity index (χ1n) is 0.730. The van der Waals surface area contributed by atoms with Crippen molar-refractivity contribution in [3.8, 4) is 0 Å². The Bertz CT molecular complexity index is 54.2. The Morgan fingerprint density at radius 3 is 1.14 bits per heavy atom. The summed E-state index contributed by atoms with van der Waals surface area (Å²) in [6.45, 7) is 0. The van der Waals surface area contributed by atoms with Gasteiger partial charge < -0.3 is 24.7 Å². The van der Waals surface area contributed by atoms with Crippen molar-refractivity contribution in [2.24, 2.45) is 0 Å². The molecule has 40 valence electrons. The summed E-state index contributed by atoms with van der Waals surface area (Å²) in [6.07, 6.45) is 0. The molecule has 2 N–H and O–H groups in total. The van der Waals surface area contributed by atoms with Crippen LogP contribution in [0.15, 0.2) is 0 Å². The van der Waals surface area contributed by atoms with Crippen molar-refractivity contribution in [1.29, 1.82) is 0 Å². The Hall–Kier alpha value is 1.26. The Balaban J connectivity index is -0.0000000800. The van der Waals surface area contributed by atoms with Crippen molar-refractivity contribution in [1.82, 2.24) is 0 Å². The van der Waals surface area contributed by atoms with Crippen LogP contribution in [0.2, 0.25) is 0 Å². The molecule has 7 heteroatoms. The summed E-state index contributed by atoms with van der Waals surface area (Å²) in [4.78, 5) is 25.6. The van der Waals surface area contributed by atoms with Crippen molar-refractivity contribution in [3.63, 3.8) is 0 Å². The molecular weight excluding hydrogens is 250 g/mol. The van der Waals surface area contributed by atoms with E-state index in [9.17, 15) is 0 Å². The molecule has 5 nitrogen and oxygen atoms in total. The van der Waals surface area contributed by atoms with Crippen LogP contribution in [0.4, 0.5) is 0 Å². The summed E-state index contributed by atoms with van der Waals surface area (Å²) in [7, 11) is -5.39. The molecule has 0 unspecified atom stereocenters. The minimum Gasteiger partial charge on any atom is -0.822 e. The first kappa shape index (κ1) is 15.7. The molecule has 0 aliphatic carbocycles. The molecule has 0 aromatic heterocycles. The molecule has 0 fully saturated rings. The third-order valence-corrected chi connectivity index (χ3v) is 0. The van der Waals surface area contributed by atoms with Crippen LogP contribution in [0, 0.1) is 35.6 Å². The van der Waals surface area contributed by atoms with Gasteiger partial charge in [0.05, 0.1) is 0 Å². The summed E-state index contributed by atoms with van der Waals surface area (Å²) in [5, 5.41) is 0. The molecule has 0 aliphatic rings. The van der Waals surface area contributed by atoms with Crippen molar-refractivity contribution >= 4 is 7.82 Å².